The summed E-state index contributed by atoms with van der Waals surface area (Å²) in [5, 5.41) is 3.59. The van der Waals surface area contributed by atoms with Crippen molar-refractivity contribution in [1.29, 1.82) is 0 Å². The molecule has 4 rings (SSSR count). The number of hydrogen-bond acceptors (Lipinski definition) is 3. The maximum absolute atomic E-state index is 12.4. The van der Waals surface area contributed by atoms with E-state index in [1.807, 2.05) is 18.2 Å². The fourth-order valence-electron chi connectivity index (χ4n) is 2.96. The lowest BCUT2D eigenvalue weighted by Gasteiger charge is -2.06. The molecule has 0 saturated heterocycles. The molecule has 1 amide bonds. The number of aromatic nitrogens is 1. The van der Waals surface area contributed by atoms with Crippen LogP contribution in [0.2, 0.25) is 10.0 Å². The van der Waals surface area contributed by atoms with Crippen molar-refractivity contribution in [2.24, 2.45) is 0 Å². The van der Waals surface area contributed by atoms with Crippen LogP contribution < -0.4 is 5.32 Å². The van der Waals surface area contributed by atoms with E-state index in [9.17, 15) is 4.79 Å². The summed E-state index contributed by atoms with van der Waals surface area (Å²) in [7, 11) is 0. The second-order valence-electron chi connectivity index (χ2n) is 7.06. The first-order valence-electron chi connectivity index (χ1n) is 9.18. The van der Waals surface area contributed by atoms with E-state index >= 15 is 0 Å². The van der Waals surface area contributed by atoms with Crippen molar-refractivity contribution in [2.45, 2.75) is 19.8 Å². The van der Waals surface area contributed by atoms with Crippen LogP contribution in [0.15, 0.2) is 65.1 Å². The van der Waals surface area contributed by atoms with Gasteiger partial charge in [-0.2, -0.15) is 0 Å². The number of amides is 1. The molecule has 6 heteroatoms. The minimum Gasteiger partial charge on any atom is -0.436 e. The first-order chi connectivity index (χ1) is 13.9. The number of halogens is 2. The maximum Gasteiger partial charge on any atom is 0.255 e. The SMILES string of the molecule is CC(C)c1ccc2oc(-c3ccc(NC(=O)c4ccc(Cl)c(Cl)c4)cc3)nc2c1. The van der Waals surface area contributed by atoms with Crippen molar-refractivity contribution < 1.29 is 9.21 Å². The van der Waals surface area contributed by atoms with Crippen molar-refractivity contribution in [3.8, 4) is 11.5 Å². The molecular formula is C23H18Cl2N2O2. The molecule has 1 N–H and O–H groups in total. The summed E-state index contributed by atoms with van der Waals surface area (Å²) in [6.45, 7) is 4.29. The normalized spacial score (nSPS) is 11.2. The third-order valence-electron chi connectivity index (χ3n) is 4.65. The van der Waals surface area contributed by atoms with Crippen molar-refractivity contribution in [3.63, 3.8) is 0 Å². The quantitative estimate of drug-likeness (QED) is 0.377. The molecule has 0 unspecified atom stereocenters. The number of carbonyl (C=O) groups excluding carboxylic acids is 1. The van der Waals surface area contributed by atoms with Gasteiger partial charge in [0.2, 0.25) is 5.89 Å². The first-order valence-corrected chi connectivity index (χ1v) is 9.93. The average Bonchev–Trinajstić information content (AvgIpc) is 3.13. The molecule has 1 aromatic heterocycles. The minimum absolute atomic E-state index is 0.264. The Morgan fingerprint density at radius 3 is 2.41 bits per heavy atom. The molecule has 0 aliphatic rings. The Morgan fingerprint density at radius 1 is 0.966 bits per heavy atom. The third-order valence-corrected chi connectivity index (χ3v) is 5.39. The Kier molecular flexibility index (Phi) is 5.31. The monoisotopic (exact) mass is 424 g/mol. The maximum atomic E-state index is 12.4. The average molecular weight is 425 g/mol. The molecule has 4 nitrogen and oxygen atoms in total. The summed E-state index contributed by atoms with van der Waals surface area (Å²) < 4.78 is 5.88. The van der Waals surface area contributed by atoms with Crippen molar-refractivity contribution >= 4 is 45.9 Å². The number of carbonyl (C=O) groups is 1. The highest BCUT2D eigenvalue weighted by Gasteiger charge is 2.12. The van der Waals surface area contributed by atoms with Gasteiger partial charge >= 0.3 is 0 Å². The summed E-state index contributed by atoms with van der Waals surface area (Å²) >= 11 is 11.9. The molecule has 0 aliphatic carbocycles. The smallest absolute Gasteiger partial charge is 0.255 e. The molecule has 0 spiro atoms. The predicted octanol–water partition coefficient (Wildman–Crippen LogP) is 7.18. The minimum atomic E-state index is -0.264. The predicted molar refractivity (Wildman–Crippen MR) is 118 cm³/mol. The van der Waals surface area contributed by atoms with Crippen LogP contribution in [0.5, 0.6) is 0 Å². The van der Waals surface area contributed by atoms with Gasteiger partial charge < -0.3 is 9.73 Å². The highest BCUT2D eigenvalue weighted by molar-refractivity contribution is 6.42. The van der Waals surface area contributed by atoms with Crippen LogP contribution in [0.4, 0.5) is 5.69 Å². The fraction of sp³-hybridized carbons (Fsp3) is 0.130. The number of nitrogens with zero attached hydrogens (tertiary/aromatic N) is 1. The Balaban J connectivity index is 1.53. The van der Waals surface area contributed by atoms with Gasteiger partial charge in [-0.25, -0.2) is 4.98 Å². The molecule has 0 atom stereocenters. The zero-order valence-corrected chi connectivity index (χ0v) is 17.4. The van der Waals surface area contributed by atoms with E-state index in [-0.39, 0.29) is 5.91 Å². The molecule has 0 bridgehead atoms. The number of rotatable bonds is 4. The Bertz CT molecular complexity index is 1200. The van der Waals surface area contributed by atoms with Crippen LogP contribution >= 0.6 is 23.2 Å². The largest absolute Gasteiger partial charge is 0.436 e. The zero-order valence-electron chi connectivity index (χ0n) is 15.9. The van der Waals surface area contributed by atoms with E-state index in [1.54, 1.807) is 24.3 Å². The van der Waals surface area contributed by atoms with Crippen LogP contribution in [-0.2, 0) is 0 Å². The lowest BCUT2D eigenvalue weighted by atomic mass is 10.0. The van der Waals surface area contributed by atoms with E-state index in [4.69, 9.17) is 27.6 Å². The van der Waals surface area contributed by atoms with E-state index in [0.717, 1.165) is 16.7 Å². The number of benzene rings is 3. The van der Waals surface area contributed by atoms with Crippen molar-refractivity contribution in [1.82, 2.24) is 4.98 Å². The van der Waals surface area contributed by atoms with Crippen molar-refractivity contribution in [3.05, 3.63) is 81.8 Å². The van der Waals surface area contributed by atoms with Gasteiger partial charge in [-0.1, -0.05) is 43.1 Å². The van der Waals surface area contributed by atoms with Gasteiger partial charge in [0.25, 0.3) is 5.91 Å². The van der Waals surface area contributed by atoms with Gasteiger partial charge in [-0.05, 0) is 66.1 Å². The molecule has 4 aromatic rings. The first kappa shape index (κ1) is 19.5. The highest BCUT2D eigenvalue weighted by Crippen LogP contribution is 2.28. The standard InChI is InChI=1S/C23H18Cl2N2O2/c1-13(2)15-6-10-21-20(12-15)27-23(29-21)14-3-7-17(8-4-14)26-22(28)16-5-9-18(24)19(25)11-16/h3-13H,1-2H3,(H,26,28). The van der Waals surface area contributed by atoms with E-state index in [0.29, 0.717) is 33.1 Å². The van der Waals surface area contributed by atoms with Crippen molar-refractivity contribution in [2.75, 3.05) is 5.32 Å². The molecule has 0 aliphatic heterocycles. The number of hydrogen-bond donors (Lipinski definition) is 1. The lowest BCUT2D eigenvalue weighted by Crippen LogP contribution is -2.11. The zero-order chi connectivity index (χ0) is 20.5. The Labute approximate surface area is 178 Å². The molecule has 29 heavy (non-hydrogen) atoms. The van der Waals surface area contributed by atoms with Gasteiger partial charge in [0.1, 0.15) is 5.52 Å². The summed E-state index contributed by atoms with van der Waals surface area (Å²) in [5.41, 5.74) is 4.73. The summed E-state index contributed by atoms with van der Waals surface area (Å²) in [4.78, 5) is 17.0. The topological polar surface area (TPSA) is 55.1 Å². The van der Waals surface area contributed by atoms with Crippen LogP contribution in [0.1, 0.15) is 35.7 Å². The van der Waals surface area contributed by atoms with Crippen LogP contribution in [-0.4, -0.2) is 10.9 Å². The molecule has 0 saturated carbocycles. The summed E-state index contributed by atoms with van der Waals surface area (Å²) in [5.74, 6) is 0.709. The Morgan fingerprint density at radius 2 is 1.72 bits per heavy atom. The van der Waals surface area contributed by atoms with Gasteiger partial charge in [0.05, 0.1) is 10.0 Å². The molecule has 146 valence electrons. The molecular weight excluding hydrogens is 407 g/mol. The molecule has 0 fully saturated rings. The van der Waals surface area contributed by atoms with Crippen LogP contribution in [0.25, 0.3) is 22.6 Å². The molecule has 0 radical (unpaired) electrons. The number of oxazole rings is 1. The summed E-state index contributed by atoms with van der Waals surface area (Å²) in [6.07, 6.45) is 0. The lowest BCUT2D eigenvalue weighted by molar-refractivity contribution is 0.102. The van der Waals surface area contributed by atoms with E-state index in [2.05, 4.69) is 36.3 Å². The van der Waals surface area contributed by atoms with Crippen LogP contribution in [0.3, 0.4) is 0 Å². The van der Waals surface area contributed by atoms with Crippen LogP contribution in [0, 0.1) is 0 Å². The highest BCUT2D eigenvalue weighted by atomic mass is 35.5. The summed E-state index contributed by atoms with van der Waals surface area (Å²) in [6, 6.07) is 18.2. The number of nitrogens with one attached hydrogen (secondary N) is 1. The van der Waals surface area contributed by atoms with Gasteiger partial charge in [0, 0.05) is 16.8 Å². The second-order valence-corrected chi connectivity index (χ2v) is 7.88. The molecule has 3 aromatic carbocycles. The van der Waals surface area contributed by atoms with E-state index < -0.39 is 0 Å². The fourth-order valence-corrected chi connectivity index (χ4v) is 3.26. The Hall–Kier alpha value is -2.82. The number of anilines is 1. The van der Waals surface area contributed by atoms with E-state index in [1.165, 1.54) is 11.6 Å². The van der Waals surface area contributed by atoms with Gasteiger partial charge in [-0.15, -0.1) is 0 Å². The third kappa shape index (κ3) is 4.14. The van der Waals surface area contributed by atoms with Gasteiger partial charge in [0.15, 0.2) is 5.58 Å². The van der Waals surface area contributed by atoms with Gasteiger partial charge in [-0.3, -0.25) is 4.79 Å². The second kappa shape index (κ2) is 7.90. The number of fused-ring (bicyclic) bond motifs is 1. The molecule has 1 heterocycles.